The van der Waals surface area contributed by atoms with Crippen LogP contribution in [0.25, 0.3) is 0 Å². The summed E-state index contributed by atoms with van der Waals surface area (Å²) in [4.78, 5) is 11.1. The molecule has 2 N–H and O–H groups in total. The van der Waals surface area contributed by atoms with Crippen molar-refractivity contribution in [3.8, 4) is 0 Å². The van der Waals surface area contributed by atoms with Crippen molar-refractivity contribution in [2.75, 3.05) is 19.6 Å². The highest BCUT2D eigenvalue weighted by Gasteiger charge is 2.16. The molecule has 0 aliphatic heterocycles. The third-order valence-electron chi connectivity index (χ3n) is 1.61. The van der Waals surface area contributed by atoms with E-state index in [1.807, 2.05) is 0 Å². The fourth-order valence-corrected chi connectivity index (χ4v) is 0.909. The molecule has 4 nitrogen and oxygen atoms in total. The summed E-state index contributed by atoms with van der Waals surface area (Å²) in [5, 5.41) is 0. The van der Waals surface area contributed by atoms with Gasteiger partial charge in [-0.3, -0.25) is 0 Å². The quantitative estimate of drug-likeness (QED) is 0.471. The maximum absolute atomic E-state index is 13.1. The van der Waals surface area contributed by atoms with E-state index in [1.165, 1.54) is 7.11 Å². The molecule has 0 fully saturated rings. The van der Waals surface area contributed by atoms with Crippen LogP contribution in [0, 0.1) is 11.6 Å². The van der Waals surface area contributed by atoms with Gasteiger partial charge in [0, 0.05) is 13.2 Å². The van der Waals surface area contributed by atoms with Crippen molar-refractivity contribution >= 4 is 11.7 Å². The van der Waals surface area contributed by atoms with E-state index in [9.17, 15) is 13.6 Å². The molecule has 6 heteroatoms. The lowest BCUT2D eigenvalue weighted by atomic mass is 10.2. The zero-order valence-electron chi connectivity index (χ0n) is 7.92. The number of rotatable bonds is 3. The van der Waals surface area contributed by atoms with E-state index in [1.54, 1.807) is 0 Å². The van der Waals surface area contributed by atoms with Crippen molar-refractivity contribution in [1.82, 2.24) is 0 Å². The number of anilines is 1. The van der Waals surface area contributed by atoms with Crippen LogP contribution in [-0.2, 0) is 9.47 Å². The SMILES string of the molecule is COCOC(=O)c1cc(F)c(N)cc1F. The topological polar surface area (TPSA) is 61.5 Å². The van der Waals surface area contributed by atoms with Crippen LogP contribution in [0.1, 0.15) is 10.4 Å². The third-order valence-corrected chi connectivity index (χ3v) is 1.61. The number of carbonyl (C=O) groups is 1. The third kappa shape index (κ3) is 2.63. The number of benzene rings is 1. The van der Waals surface area contributed by atoms with Crippen molar-refractivity contribution in [2.24, 2.45) is 0 Å². The highest BCUT2D eigenvalue weighted by Crippen LogP contribution is 2.17. The largest absolute Gasteiger partial charge is 0.435 e. The summed E-state index contributed by atoms with van der Waals surface area (Å²) in [5.74, 6) is -2.82. The predicted molar refractivity (Wildman–Crippen MR) is 48.1 cm³/mol. The molecule has 0 radical (unpaired) electrons. The van der Waals surface area contributed by atoms with Gasteiger partial charge in [0.2, 0.25) is 0 Å². The van der Waals surface area contributed by atoms with Gasteiger partial charge in [0.15, 0.2) is 6.79 Å². The number of hydrogen-bond acceptors (Lipinski definition) is 4. The number of halogens is 2. The van der Waals surface area contributed by atoms with Crippen molar-refractivity contribution in [3.05, 3.63) is 29.3 Å². The lowest BCUT2D eigenvalue weighted by molar-refractivity contribution is -0.0128. The Morgan fingerprint density at radius 3 is 2.67 bits per heavy atom. The molecule has 0 bridgehead atoms. The number of nitrogens with two attached hydrogens (primary N) is 1. The molecule has 1 aromatic rings. The van der Waals surface area contributed by atoms with Gasteiger partial charge in [0.05, 0.1) is 11.3 Å². The molecule has 0 heterocycles. The Bertz CT molecular complexity index is 382. The van der Waals surface area contributed by atoms with Crippen molar-refractivity contribution in [2.45, 2.75) is 0 Å². The van der Waals surface area contributed by atoms with E-state index in [0.29, 0.717) is 6.07 Å². The lowest BCUT2D eigenvalue weighted by Gasteiger charge is -2.05. The van der Waals surface area contributed by atoms with Crippen molar-refractivity contribution < 1.29 is 23.0 Å². The van der Waals surface area contributed by atoms with Gasteiger partial charge >= 0.3 is 5.97 Å². The van der Waals surface area contributed by atoms with Gasteiger partial charge in [-0.15, -0.1) is 0 Å². The maximum atomic E-state index is 13.1. The van der Waals surface area contributed by atoms with E-state index in [0.717, 1.165) is 6.07 Å². The first-order valence-electron chi connectivity index (χ1n) is 3.97. The highest BCUT2D eigenvalue weighted by molar-refractivity contribution is 5.90. The minimum Gasteiger partial charge on any atom is -0.435 e. The van der Waals surface area contributed by atoms with E-state index in [2.05, 4.69) is 9.47 Å². The zero-order valence-corrected chi connectivity index (χ0v) is 7.92. The van der Waals surface area contributed by atoms with E-state index >= 15 is 0 Å². The second-order valence-corrected chi connectivity index (χ2v) is 2.69. The van der Waals surface area contributed by atoms with Crippen LogP contribution < -0.4 is 5.73 Å². The monoisotopic (exact) mass is 217 g/mol. The summed E-state index contributed by atoms with van der Waals surface area (Å²) >= 11 is 0. The number of nitrogen functional groups attached to an aromatic ring is 1. The Labute approximate surface area is 84.6 Å². The second-order valence-electron chi connectivity index (χ2n) is 2.69. The Morgan fingerprint density at radius 1 is 1.40 bits per heavy atom. The lowest BCUT2D eigenvalue weighted by Crippen LogP contribution is -2.10. The number of esters is 1. The zero-order chi connectivity index (χ0) is 11.4. The molecule has 0 aliphatic rings. The molecule has 1 aromatic carbocycles. The summed E-state index contributed by atoms with van der Waals surface area (Å²) < 4.78 is 34.9. The Balaban J connectivity index is 2.94. The Hall–Kier alpha value is -1.69. The van der Waals surface area contributed by atoms with Gasteiger partial charge in [0.25, 0.3) is 0 Å². The van der Waals surface area contributed by atoms with Gasteiger partial charge in [-0.25, -0.2) is 13.6 Å². The molecule has 0 aliphatic carbocycles. The van der Waals surface area contributed by atoms with Crippen LogP contribution in [0.5, 0.6) is 0 Å². The Kier molecular flexibility index (Phi) is 3.56. The molecule has 0 amide bonds. The van der Waals surface area contributed by atoms with Crippen molar-refractivity contribution in [1.29, 1.82) is 0 Å². The van der Waals surface area contributed by atoms with E-state index < -0.39 is 23.2 Å². The number of carbonyl (C=O) groups excluding carboxylic acids is 1. The van der Waals surface area contributed by atoms with Crippen LogP contribution in [0.3, 0.4) is 0 Å². The van der Waals surface area contributed by atoms with Crippen LogP contribution in [-0.4, -0.2) is 19.9 Å². The normalized spacial score (nSPS) is 10.1. The van der Waals surface area contributed by atoms with E-state index in [-0.39, 0.29) is 12.5 Å². The minimum atomic E-state index is -1.01. The number of hydrogen-bond donors (Lipinski definition) is 1. The molecule has 1 rings (SSSR count). The summed E-state index contributed by atoms with van der Waals surface area (Å²) in [5.41, 5.74) is 4.22. The van der Waals surface area contributed by atoms with Gasteiger partial charge < -0.3 is 15.2 Å². The number of methoxy groups -OCH3 is 1. The fourth-order valence-electron chi connectivity index (χ4n) is 0.909. The van der Waals surface area contributed by atoms with Crippen molar-refractivity contribution in [3.63, 3.8) is 0 Å². The smallest absolute Gasteiger partial charge is 0.343 e. The van der Waals surface area contributed by atoms with Crippen LogP contribution >= 0.6 is 0 Å². The standard InChI is InChI=1S/C9H9F2NO3/c1-14-4-15-9(13)5-2-7(11)8(12)3-6(5)10/h2-3H,4,12H2,1H3. The van der Waals surface area contributed by atoms with Gasteiger partial charge in [-0.2, -0.15) is 0 Å². The highest BCUT2D eigenvalue weighted by atomic mass is 19.1. The van der Waals surface area contributed by atoms with Gasteiger partial charge in [0.1, 0.15) is 11.6 Å². The molecule has 15 heavy (non-hydrogen) atoms. The molecular formula is C9H9F2NO3. The first-order chi connectivity index (χ1) is 7.06. The summed E-state index contributed by atoms with van der Waals surface area (Å²) in [6.07, 6.45) is 0. The average molecular weight is 217 g/mol. The van der Waals surface area contributed by atoms with Gasteiger partial charge in [-0.05, 0) is 6.07 Å². The van der Waals surface area contributed by atoms with E-state index in [4.69, 9.17) is 5.73 Å². The molecular weight excluding hydrogens is 208 g/mol. The molecule has 0 saturated heterocycles. The molecule has 0 saturated carbocycles. The predicted octanol–water partition coefficient (Wildman–Crippen LogP) is 1.31. The number of ether oxygens (including phenoxy) is 2. The first kappa shape index (κ1) is 11.4. The fraction of sp³-hybridized carbons (Fsp3) is 0.222. The maximum Gasteiger partial charge on any atom is 0.343 e. The second kappa shape index (κ2) is 4.70. The van der Waals surface area contributed by atoms with Crippen LogP contribution in [0.15, 0.2) is 12.1 Å². The van der Waals surface area contributed by atoms with Crippen LogP contribution in [0.2, 0.25) is 0 Å². The molecule has 0 unspecified atom stereocenters. The molecule has 0 spiro atoms. The summed E-state index contributed by atoms with van der Waals surface area (Å²) in [7, 11) is 1.30. The molecule has 82 valence electrons. The summed E-state index contributed by atoms with van der Waals surface area (Å²) in [6, 6.07) is 1.40. The molecule has 0 atom stereocenters. The summed E-state index contributed by atoms with van der Waals surface area (Å²) in [6.45, 7) is -0.329. The van der Waals surface area contributed by atoms with Crippen LogP contribution in [0.4, 0.5) is 14.5 Å². The first-order valence-corrected chi connectivity index (χ1v) is 3.97. The Morgan fingerprint density at radius 2 is 2.07 bits per heavy atom. The molecule has 0 aromatic heterocycles. The van der Waals surface area contributed by atoms with Gasteiger partial charge in [-0.1, -0.05) is 0 Å². The average Bonchev–Trinajstić information content (AvgIpc) is 2.20. The minimum absolute atomic E-state index is 0.329.